The molecule has 1 fully saturated rings. The van der Waals surface area contributed by atoms with E-state index in [1.807, 2.05) is 19.9 Å². The van der Waals surface area contributed by atoms with E-state index in [1.54, 1.807) is 18.2 Å². The summed E-state index contributed by atoms with van der Waals surface area (Å²) in [4.78, 5) is 20.7. The van der Waals surface area contributed by atoms with Crippen molar-refractivity contribution in [2.24, 2.45) is 5.92 Å². The second-order valence-corrected chi connectivity index (χ2v) is 10.3. The zero-order valence-corrected chi connectivity index (χ0v) is 19.6. The molecule has 176 valence electrons. The van der Waals surface area contributed by atoms with Gasteiger partial charge in [0.1, 0.15) is 5.76 Å². The van der Waals surface area contributed by atoms with E-state index in [0.29, 0.717) is 24.1 Å². The minimum Gasteiger partial charge on any atom is -0.507 e. The van der Waals surface area contributed by atoms with Crippen molar-refractivity contribution >= 4 is 21.7 Å². The smallest absolute Gasteiger partial charge is 0.339 e. The number of aromatic nitrogens is 2. The molecule has 8 nitrogen and oxygen atoms in total. The Labute approximate surface area is 194 Å². The van der Waals surface area contributed by atoms with Crippen LogP contribution in [0.2, 0.25) is 0 Å². The van der Waals surface area contributed by atoms with Gasteiger partial charge in [-0.05, 0) is 55.4 Å². The van der Waals surface area contributed by atoms with E-state index in [4.69, 9.17) is 4.74 Å². The van der Waals surface area contributed by atoms with Gasteiger partial charge in [-0.15, -0.1) is 0 Å². The molecule has 4 rings (SSSR count). The Kier molecular flexibility index (Phi) is 6.43. The molecule has 1 unspecified atom stereocenters. The monoisotopic (exact) mass is 471 g/mol. The van der Waals surface area contributed by atoms with Crippen molar-refractivity contribution in [1.82, 2.24) is 9.97 Å². The number of hydrogen-bond acceptors (Lipinski definition) is 7. The van der Waals surface area contributed by atoms with E-state index in [0.717, 1.165) is 31.2 Å². The van der Waals surface area contributed by atoms with Crippen molar-refractivity contribution in [3.8, 4) is 0 Å². The van der Waals surface area contributed by atoms with Crippen LogP contribution in [0.15, 0.2) is 59.2 Å². The Morgan fingerprint density at radius 3 is 2.42 bits per heavy atom. The van der Waals surface area contributed by atoms with Gasteiger partial charge in [-0.1, -0.05) is 38.8 Å². The molecule has 9 heteroatoms. The number of esters is 1. The molecule has 1 aromatic heterocycles. The summed E-state index contributed by atoms with van der Waals surface area (Å²) in [5.74, 6) is -0.602. The van der Waals surface area contributed by atoms with Gasteiger partial charge in [0.25, 0.3) is 15.2 Å². The van der Waals surface area contributed by atoms with Crippen molar-refractivity contribution < 1.29 is 23.1 Å². The normalized spacial score (nSPS) is 18.8. The van der Waals surface area contributed by atoms with E-state index < -0.39 is 21.6 Å². The van der Waals surface area contributed by atoms with E-state index >= 15 is 0 Å². The number of carbonyl (C=O) groups is 1. The maximum Gasteiger partial charge on any atom is 0.339 e. The van der Waals surface area contributed by atoms with Crippen LogP contribution in [0.4, 0.5) is 5.69 Å². The lowest BCUT2D eigenvalue weighted by Crippen LogP contribution is -2.31. The average Bonchev–Trinajstić information content (AvgIpc) is 3.59. The third kappa shape index (κ3) is 4.59. The highest BCUT2D eigenvalue weighted by atomic mass is 32.2. The molecule has 1 atom stereocenters. The topological polar surface area (TPSA) is 118 Å². The molecule has 1 aromatic carbocycles. The highest BCUT2D eigenvalue weighted by Crippen LogP contribution is 2.52. The van der Waals surface area contributed by atoms with E-state index in [9.17, 15) is 18.3 Å². The average molecular weight is 472 g/mol. The van der Waals surface area contributed by atoms with Crippen LogP contribution in [0.5, 0.6) is 0 Å². The molecule has 1 saturated carbocycles. The molecule has 0 radical (unpaired) electrons. The largest absolute Gasteiger partial charge is 0.507 e. The minimum absolute atomic E-state index is 0.0387. The third-order valence-corrected chi connectivity index (χ3v) is 7.38. The molecule has 0 bridgehead atoms. The Hall–Kier alpha value is -2.94. The zero-order valence-electron chi connectivity index (χ0n) is 18.8. The van der Waals surface area contributed by atoms with Crippen LogP contribution >= 0.6 is 0 Å². The Balaban J connectivity index is 1.70. The Bertz CT molecular complexity index is 1150. The molecule has 0 saturated heterocycles. The van der Waals surface area contributed by atoms with Crippen LogP contribution in [0.3, 0.4) is 0 Å². The molecule has 2 N–H and O–H groups in total. The van der Waals surface area contributed by atoms with Crippen molar-refractivity contribution in [2.45, 2.75) is 69.0 Å². The Morgan fingerprint density at radius 1 is 1.15 bits per heavy atom. The number of rotatable bonds is 10. The summed E-state index contributed by atoms with van der Waals surface area (Å²) >= 11 is 0. The van der Waals surface area contributed by atoms with Crippen LogP contribution in [0, 0.1) is 5.92 Å². The molecule has 33 heavy (non-hydrogen) atoms. The van der Waals surface area contributed by atoms with Crippen LogP contribution in [0.25, 0.3) is 0 Å². The summed E-state index contributed by atoms with van der Waals surface area (Å²) in [6, 6.07) is 8.47. The fourth-order valence-electron chi connectivity index (χ4n) is 4.69. The predicted octanol–water partition coefficient (Wildman–Crippen LogP) is 4.48. The number of aliphatic hydroxyl groups excluding tert-OH is 1. The SMILES string of the molecule is CCCC1(CCC)OC(=O)C(C(c2cccc(NS(=O)(=O)c3ncccn3)c2)C2CC2)=C1O. The molecule has 0 spiro atoms. The molecular weight excluding hydrogens is 442 g/mol. The minimum atomic E-state index is -3.96. The molecular formula is C24H29N3O5S. The number of ether oxygens (including phenoxy) is 1. The standard InChI is InChI=1S/C24H29N3O5S/c1-3-11-24(12-4-2)21(28)20(22(29)32-24)19(16-9-10-16)17-7-5-8-18(15-17)27-33(30,31)23-25-13-6-14-26-23/h5-8,13-16,19,27-28H,3-4,9-12H2,1-2H3. The number of aliphatic hydroxyl groups is 1. The van der Waals surface area contributed by atoms with Gasteiger partial charge in [0.2, 0.25) is 0 Å². The van der Waals surface area contributed by atoms with Crippen LogP contribution in [-0.4, -0.2) is 35.1 Å². The summed E-state index contributed by atoms with van der Waals surface area (Å²) in [6.07, 6.45) is 7.26. The Morgan fingerprint density at radius 2 is 1.82 bits per heavy atom. The summed E-state index contributed by atoms with van der Waals surface area (Å²) in [5.41, 5.74) is 0.442. The highest BCUT2D eigenvalue weighted by Gasteiger charge is 2.51. The van der Waals surface area contributed by atoms with Crippen molar-refractivity contribution in [2.75, 3.05) is 4.72 Å². The predicted molar refractivity (Wildman–Crippen MR) is 123 cm³/mol. The molecule has 1 aliphatic heterocycles. The van der Waals surface area contributed by atoms with Crippen LogP contribution < -0.4 is 4.72 Å². The lowest BCUT2D eigenvalue weighted by molar-refractivity contribution is -0.149. The maximum atomic E-state index is 13.0. The second-order valence-electron chi connectivity index (χ2n) is 8.72. The quantitative estimate of drug-likeness (QED) is 0.387. The molecule has 2 aliphatic rings. The fraction of sp³-hybridized carbons (Fsp3) is 0.458. The van der Waals surface area contributed by atoms with Gasteiger partial charge in [-0.3, -0.25) is 4.72 Å². The second kappa shape index (κ2) is 9.13. The summed E-state index contributed by atoms with van der Waals surface area (Å²) < 4.78 is 33.6. The first-order valence-corrected chi connectivity index (χ1v) is 12.9. The molecule has 1 aliphatic carbocycles. The van der Waals surface area contributed by atoms with Gasteiger partial charge in [0.15, 0.2) is 5.60 Å². The number of hydrogen-bond donors (Lipinski definition) is 2. The summed E-state index contributed by atoms with van der Waals surface area (Å²) in [6.45, 7) is 4.00. The number of nitrogens with one attached hydrogen (secondary N) is 1. The number of benzene rings is 1. The number of cyclic esters (lactones) is 1. The fourth-order valence-corrected chi connectivity index (χ4v) is 5.62. The first kappa shape index (κ1) is 23.2. The van der Waals surface area contributed by atoms with E-state index in [1.165, 1.54) is 18.5 Å². The van der Waals surface area contributed by atoms with Crippen molar-refractivity contribution in [3.05, 3.63) is 59.6 Å². The molecule has 2 heterocycles. The third-order valence-electron chi connectivity index (χ3n) is 6.19. The van der Waals surface area contributed by atoms with Gasteiger partial charge in [0, 0.05) is 24.0 Å². The number of anilines is 1. The van der Waals surface area contributed by atoms with Crippen LogP contribution in [-0.2, 0) is 19.6 Å². The van der Waals surface area contributed by atoms with Gasteiger partial charge in [-0.2, -0.15) is 8.42 Å². The number of carbonyl (C=O) groups excluding carboxylic acids is 1. The van der Waals surface area contributed by atoms with Gasteiger partial charge in [0.05, 0.1) is 5.57 Å². The molecule has 2 aromatic rings. The van der Waals surface area contributed by atoms with E-state index in [-0.39, 0.29) is 22.8 Å². The highest BCUT2D eigenvalue weighted by molar-refractivity contribution is 7.92. The van der Waals surface area contributed by atoms with Gasteiger partial charge in [-0.25, -0.2) is 14.8 Å². The first-order valence-electron chi connectivity index (χ1n) is 11.4. The van der Waals surface area contributed by atoms with Gasteiger partial charge < -0.3 is 9.84 Å². The van der Waals surface area contributed by atoms with E-state index in [2.05, 4.69) is 14.7 Å². The van der Waals surface area contributed by atoms with Crippen LogP contribution in [0.1, 0.15) is 63.9 Å². The lowest BCUT2D eigenvalue weighted by Gasteiger charge is -2.27. The molecule has 0 amide bonds. The van der Waals surface area contributed by atoms with Crippen molar-refractivity contribution in [1.29, 1.82) is 0 Å². The summed E-state index contributed by atoms with van der Waals surface area (Å²) in [7, 11) is -3.96. The zero-order chi connectivity index (χ0) is 23.6. The lowest BCUT2D eigenvalue weighted by atomic mass is 9.82. The first-order chi connectivity index (χ1) is 15.8. The van der Waals surface area contributed by atoms with Gasteiger partial charge >= 0.3 is 5.97 Å². The number of nitrogens with zero attached hydrogens (tertiary/aromatic N) is 2. The summed E-state index contributed by atoms with van der Waals surface area (Å²) in [5, 5.41) is 10.9. The maximum absolute atomic E-state index is 13.0. The van der Waals surface area contributed by atoms with Crippen molar-refractivity contribution in [3.63, 3.8) is 0 Å². The number of sulfonamides is 1.